The van der Waals surface area contributed by atoms with Crippen LogP contribution in [-0.2, 0) is 0 Å². The van der Waals surface area contributed by atoms with E-state index in [2.05, 4.69) is 61.8 Å². The molecular formula is C14H22BrN. The molecule has 0 spiro atoms. The fraction of sp³-hybridized carbons (Fsp3) is 0.571. The zero-order valence-electron chi connectivity index (χ0n) is 10.7. The van der Waals surface area contributed by atoms with Crippen LogP contribution in [0.15, 0.2) is 22.7 Å². The van der Waals surface area contributed by atoms with Gasteiger partial charge in [0.2, 0.25) is 0 Å². The lowest BCUT2D eigenvalue weighted by Crippen LogP contribution is -2.15. The number of nitrogens with two attached hydrogens (primary N) is 1. The van der Waals surface area contributed by atoms with Crippen molar-refractivity contribution in [3.63, 3.8) is 0 Å². The van der Waals surface area contributed by atoms with E-state index in [0.717, 1.165) is 17.3 Å². The number of rotatable bonds is 3. The fourth-order valence-corrected chi connectivity index (χ4v) is 2.26. The molecule has 16 heavy (non-hydrogen) atoms. The van der Waals surface area contributed by atoms with Crippen LogP contribution in [-0.4, -0.2) is 0 Å². The first-order valence-corrected chi connectivity index (χ1v) is 6.61. The van der Waals surface area contributed by atoms with Gasteiger partial charge in [-0.25, -0.2) is 0 Å². The van der Waals surface area contributed by atoms with Crippen LogP contribution in [0.5, 0.6) is 0 Å². The Morgan fingerprint density at radius 2 is 1.94 bits per heavy atom. The Hall–Kier alpha value is -0.340. The molecule has 0 heterocycles. The van der Waals surface area contributed by atoms with Gasteiger partial charge in [0.25, 0.3) is 0 Å². The summed E-state index contributed by atoms with van der Waals surface area (Å²) in [4.78, 5) is 0. The number of halogens is 1. The Labute approximate surface area is 108 Å². The largest absolute Gasteiger partial charge is 0.324 e. The van der Waals surface area contributed by atoms with Crippen molar-refractivity contribution in [3.8, 4) is 0 Å². The van der Waals surface area contributed by atoms with Crippen molar-refractivity contribution in [1.82, 2.24) is 0 Å². The van der Waals surface area contributed by atoms with Crippen LogP contribution >= 0.6 is 15.9 Å². The van der Waals surface area contributed by atoms with E-state index in [0.29, 0.717) is 5.41 Å². The zero-order valence-corrected chi connectivity index (χ0v) is 12.3. The molecule has 0 radical (unpaired) electrons. The van der Waals surface area contributed by atoms with E-state index in [9.17, 15) is 0 Å². The van der Waals surface area contributed by atoms with Crippen molar-refractivity contribution in [1.29, 1.82) is 0 Å². The average molecular weight is 284 g/mol. The molecule has 1 unspecified atom stereocenters. The van der Waals surface area contributed by atoms with Gasteiger partial charge in [0.15, 0.2) is 0 Å². The minimum absolute atomic E-state index is 0.133. The van der Waals surface area contributed by atoms with E-state index in [1.807, 2.05) is 0 Å². The van der Waals surface area contributed by atoms with Crippen LogP contribution < -0.4 is 5.73 Å². The topological polar surface area (TPSA) is 26.0 Å². The van der Waals surface area contributed by atoms with Gasteiger partial charge in [0.1, 0.15) is 0 Å². The molecule has 0 saturated heterocycles. The molecule has 0 aromatic heterocycles. The number of aryl methyl sites for hydroxylation is 1. The first kappa shape index (κ1) is 13.7. The maximum Gasteiger partial charge on any atom is 0.0306 e. The van der Waals surface area contributed by atoms with Gasteiger partial charge in [0, 0.05) is 10.5 Å². The van der Waals surface area contributed by atoms with E-state index >= 15 is 0 Å². The maximum atomic E-state index is 6.24. The predicted molar refractivity (Wildman–Crippen MR) is 74.5 cm³/mol. The summed E-state index contributed by atoms with van der Waals surface area (Å²) in [6, 6.07) is 6.43. The van der Waals surface area contributed by atoms with Crippen LogP contribution in [0.4, 0.5) is 0 Å². The summed E-state index contributed by atoms with van der Waals surface area (Å²) in [5, 5.41) is 0. The smallest absolute Gasteiger partial charge is 0.0306 e. The van der Waals surface area contributed by atoms with Crippen molar-refractivity contribution in [2.75, 3.05) is 0 Å². The standard InChI is InChI=1S/C14H22BrN/c1-10-6-5-7-11(13(10)15)12(16)8-9-14(2,3)4/h5-7,12H,8-9,16H2,1-4H3. The molecule has 90 valence electrons. The summed E-state index contributed by atoms with van der Waals surface area (Å²) < 4.78 is 1.16. The molecule has 2 heteroatoms. The van der Waals surface area contributed by atoms with Gasteiger partial charge in [-0.1, -0.05) is 54.9 Å². The maximum absolute atomic E-state index is 6.24. The Bertz CT molecular complexity index is 352. The van der Waals surface area contributed by atoms with Crippen molar-refractivity contribution >= 4 is 15.9 Å². The molecule has 1 aromatic carbocycles. The van der Waals surface area contributed by atoms with Gasteiger partial charge in [-0.05, 0) is 36.3 Å². The van der Waals surface area contributed by atoms with Crippen molar-refractivity contribution in [2.24, 2.45) is 11.1 Å². The van der Waals surface area contributed by atoms with Gasteiger partial charge in [-0.3, -0.25) is 0 Å². The lowest BCUT2D eigenvalue weighted by Gasteiger charge is -2.22. The second kappa shape index (κ2) is 5.33. The molecule has 2 N–H and O–H groups in total. The molecule has 1 rings (SSSR count). The third-order valence-corrected chi connectivity index (χ3v) is 3.91. The third kappa shape index (κ3) is 3.91. The van der Waals surface area contributed by atoms with Crippen molar-refractivity contribution < 1.29 is 0 Å². The number of benzene rings is 1. The first-order chi connectivity index (χ1) is 7.31. The summed E-state index contributed by atoms with van der Waals surface area (Å²) in [6.45, 7) is 8.87. The van der Waals surface area contributed by atoms with Gasteiger partial charge in [-0.2, -0.15) is 0 Å². The molecule has 1 aromatic rings. The Morgan fingerprint density at radius 1 is 1.31 bits per heavy atom. The van der Waals surface area contributed by atoms with Gasteiger partial charge < -0.3 is 5.73 Å². The van der Waals surface area contributed by atoms with Crippen molar-refractivity contribution in [2.45, 2.75) is 46.6 Å². The minimum Gasteiger partial charge on any atom is -0.324 e. The van der Waals surface area contributed by atoms with Gasteiger partial charge in [0.05, 0.1) is 0 Å². The third-order valence-electron chi connectivity index (χ3n) is 2.83. The highest BCUT2D eigenvalue weighted by molar-refractivity contribution is 9.10. The van der Waals surface area contributed by atoms with Gasteiger partial charge in [-0.15, -0.1) is 0 Å². The lowest BCUT2D eigenvalue weighted by atomic mass is 9.87. The van der Waals surface area contributed by atoms with E-state index < -0.39 is 0 Å². The van der Waals surface area contributed by atoms with Crippen LogP contribution in [0.3, 0.4) is 0 Å². The molecule has 0 aliphatic carbocycles. The second-order valence-corrected chi connectivity index (χ2v) is 6.48. The van der Waals surface area contributed by atoms with E-state index in [1.54, 1.807) is 0 Å². The lowest BCUT2D eigenvalue weighted by molar-refractivity contribution is 0.349. The summed E-state index contributed by atoms with van der Waals surface area (Å²) in [5.74, 6) is 0. The number of hydrogen-bond acceptors (Lipinski definition) is 1. The van der Waals surface area contributed by atoms with E-state index in [4.69, 9.17) is 5.73 Å². The predicted octanol–water partition coefficient (Wildman–Crippen LogP) is 4.58. The Morgan fingerprint density at radius 3 is 2.50 bits per heavy atom. The number of hydrogen-bond donors (Lipinski definition) is 1. The molecule has 0 aliphatic rings. The molecule has 1 nitrogen and oxygen atoms in total. The average Bonchev–Trinajstić information content (AvgIpc) is 2.17. The highest BCUT2D eigenvalue weighted by atomic mass is 79.9. The molecule has 0 aliphatic heterocycles. The second-order valence-electron chi connectivity index (χ2n) is 5.68. The summed E-state index contributed by atoms with van der Waals surface area (Å²) >= 11 is 3.62. The Kier molecular flexibility index (Phi) is 4.57. The summed E-state index contributed by atoms with van der Waals surface area (Å²) in [5.41, 5.74) is 9.08. The minimum atomic E-state index is 0.133. The summed E-state index contributed by atoms with van der Waals surface area (Å²) in [6.07, 6.45) is 2.18. The fourth-order valence-electron chi connectivity index (χ4n) is 1.70. The molecular weight excluding hydrogens is 262 g/mol. The monoisotopic (exact) mass is 283 g/mol. The molecule has 0 saturated carbocycles. The normalized spacial score (nSPS) is 13.9. The van der Waals surface area contributed by atoms with Crippen LogP contribution in [0, 0.1) is 12.3 Å². The van der Waals surface area contributed by atoms with Gasteiger partial charge >= 0.3 is 0 Å². The molecule has 1 atom stereocenters. The van der Waals surface area contributed by atoms with Crippen LogP contribution in [0.1, 0.15) is 50.8 Å². The van der Waals surface area contributed by atoms with Crippen LogP contribution in [0.25, 0.3) is 0 Å². The quantitative estimate of drug-likeness (QED) is 0.863. The highest BCUT2D eigenvalue weighted by Crippen LogP contribution is 2.30. The highest BCUT2D eigenvalue weighted by Gasteiger charge is 2.15. The van der Waals surface area contributed by atoms with Crippen LogP contribution in [0.2, 0.25) is 0 Å². The van der Waals surface area contributed by atoms with E-state index in [1.165, 1.54) is 11.1 Å². The summed E-state index contributed by atoms with van der Waals surface area (Å²) in [7, 11) is 0. The molecule has 0 bridgehead atoms. The zero-order chi connectivity index (χ0) is 12.3. The Balaban J connectivity index is 2.73. The first-order valence-electron chi connectivity index (χ1n) is 5.82. The van der Waals surface area contributed by atoms with Crippen molar-refractivity contribution in [3.05, 3.63) is 33.8 Å². The molecule has 0 fully saturated rings. The van der Waals surface area contributed by atoms with E-state index in [-0.39, 0.29) is 6.04 Å². The SMILES string of the molecule is Cc1cccc(C(N)CCC(C)(C)C)c1Br. The molecule has 0 amide bonds.